The molecule has 2 N–H and O–H groups in total. The quantitative estimate of drug-likeness (QED) is 0.526. The summed E-state index contributed by atoms with van der Waals surface area (Å²) in [5, 5.41) is 19.1. The molecule has 0 aromatic heterocycles. The predicted octanol–water partition coefficient (Wildman–Crippen LogP) is 5.57. The average Bonchev–Trinajstić information content (AvgIpc) is 2.68. The Kier molecular flexibility index (Phi) is 6.79. The van der Waals surface area contributed by atoms with Gasteiger partial charge >= 0.3 is 5.97 Å². The van der Waals surface area contributed by atoms with Crippen molar-refractivity contribution in [2.75, 3.05) is 0 Å². The van der Waals surface area contributed by atoms with E-state index < -0.39 is 11.4 Å². The van der Waals surface area contributed by atoms with E-state index in [4.69, 9.17) is 0 Å². The van der Waals surface area contributed by atoms with Crippen LogP contribution < -0.4 is 0 Å². The molecule has 0 aliphatic rings. The minimum absolute atomic E-state index is 0. The van der Waals surface area contributed by atoms with Crippen molar-refractivity contribution in [1.29, 1.82) is 0 Å². The van der Waals surface area contributed by atoms with Gasteiger partial charge in [0.05, 0.1) is 0 Å². The molecule has 4 heteroatoms. The molecule has 0 amide bonds. The summed E-state index contributed by atoms with van der Waals surface area (Å²) < 4.78 is 0. The van der Waals surface area contributed by atoms with Gasteiger partial charge in [0, 0.05) is 30.8 Å². The molecule has 0 radical (unpaired) electrons. The van der Waals surface area contributed by atoms with Crippen LogP contribution in [0.1, 0.15) is 59.3 Å². The van der Waals surface area contributed by atoms with E-state index in [-0.39, 0.29) is 36.7 Å². The Morgan fingerprint density at radius 3 is 2.11 bits per heavy atom. The summed E-state index contributed by atoms with van der Waals surface area (Å²) >= 11 is 0. The number of carbonyl (C=O) groups is 1. The summed E-state index contributed by atoms with van der Waals surface area (Å²) in [5.74, 6) is -1.08. The Bertz CT molecular complexity index is 965. The molecular weight excluding hydrogens is 402 g/mol. The SMILES string of the molecule is CC(c1ccccc1)c1cccc(C(C)(C)c2ccc(O)c(C(=O)O)c2)c1.[Zn]. The first-order chi connectivity index (χ1) is 12.8. The number of hydrogen-bond donors (Lipinski definition) is 2. The van der Waals surface area contributed by atoms with E-state index in [9.17, 15) is 15.0 Å². The molecule has 3 rings (SSSR count). The largest absolute Gasteiger partial charge is 0.507 e. The van der Waals surface area contributed by atoms with E-state index in [1.54, 1.807) is 12.1 Å². The number of phenols is 1. The minimum atomic E-state index is -1.13. The van der Waals surface area contributed by atoms with E-state index in [1.165, 1.54) is 17.2 Å². The zero-order valence-corrected chi connectivity index (χ0v) is 19.5. The second-order valence-electron chi connectivity index (χ2n) is 7.42. The molecule has 0 heterocycles. The number of hydrogen-bond acceptors (Lipinski definition) is 2. The summed E-state index contributed by atoms with van der Waals surface area (Å²) in [6, 6.07) is 23.6. The van der Waals surface area contributed by atoms with Gasteiger partial charge in [-0.05, 0) is 34.4 Å². The van der Waals surface area contributed by atoms with E-state index in [0.717, 1.165) is 11.1 Å². The topological polar surface area (TPSA) is 57.5 Å². The molecule has 1 atom stereocenters. The predicted molar refractivity (Wildman–Crippen MR) is 108 cm³/mol. The molecule has 0 aliphatic heterocycles. The minimum Gasteiger partial charge on any atom is -0.507 e. The molecule has 0 saturated carbocycles. The smallest absolute Gasteiger partial charge is 0.339 e. The second-order valence-corrected chi connectivity index (χ2v) is 7.42. The van der Waals surface area contributed by atoms with Gasteiger partial charge in [0.1, 0.15) is 11.3 Å². The Hall–Kier alpha value is -2.45. The maximum atomic E-state index is 11.4. The third-order valence-electron chi connectivity index (χ3n) is 5.36. The summed E-state index contributed by atoms with van der Waals surface area (Å²) in [4.78, 5) is 11.4. The zero-order chi connectivity index (χ0) is 19.6. The summed E-state index contributed by atoms with van der Waals surface area (Å²) in [7, 11) is 0. The molecular formula is C24H24O3Zn. The van der Waals surface area contributed by atoms with Gasteiger partial charge < -0.3 is 10.2 Å². The molecule has 140 valence electrons. The third-order valence-corrected chi connectivity index (χ3v) is 5.36. The molecule has 0 saturated heterocycles. The van der Waals surface area contributed by atoms with Crippen LogP contribution in [-0.2, 0) is 24.9 Å². The Balaban J connectivity index is 0.00000280. The van der Waals surface area contributed by atoms with Crippen molar-refractivity contribution in [3.8, 4) is 5.75 Å². The Labute approximate surface area is 178 Å². The maximum Gasteiger partial charge on any atom is 0.339 e. The first-order valence-corrected chi connectivity index (χ1v) is 9.03. The normalized spacial score (nSPS) is 12.1. The van der Waals surface area contributed by atoms with E-state index in [1.807, 2.05) is 24.3 Å². The molecule has 0 bridgehead atoms. The third kappa shape index (κ3) is 4.34. The molecule has 0 spiro atoms. The first kappa shape index (κ1) is 21.8. The van der Waals surface area contributed by atoms with Crippen LogP contribution in [0.15, 0.2) is 72.8 Å². The van der Waals surface area contributed by atoms with Crippen molar-refractivity contribution in [2.24, 2.45) is 0 Å². The maximum absolute atomic E-state index is 11.4. The number of aromatic carboxylic acids is 1. The van der Waals surface area contributed by atoms with Crippen LogP contribution >= 0.6 is 0 Å². The van der Waals surface area contributed by atoms with Crippen molar-refractivity contribution in [3.63, 3.8) is 0 Å². The summed E-state index contributed by atoms with van der Waals surface area (Å²) in [6.45, 7) is 6.32. The van der Waals surface area contributed by atoms with Gasteiger partial charge in [0.15, 0.2) is 0 Å². The van der Waals surface area contributed by atoms with Crippen molar-refractivity contribution >= 4 is 5.97 Å². The van der Waals surface area contributed by atoms with E-state index in [2.05, 4.69) is 51.1 Å². The fourth-order valence-electron chi connectivity index (χ4n) is 3.39. The molecule has 1 unspecified atom stereocenters. The zero-order valence-electron chi connectivity index (χ0n) is 16.5. The van der Waals surface area contributed by atoms with E-state index >= 15 is 0 Å². The van der Waals surface area contributed by atoms with Gasteiger partial charge in [-0.2, -0.15) is 0 Å². The van der Waals surface area contributed by atoms with Crippen LogP contribution in [-0.4, -0.2) is 16.2 Å². The monoisotopic (exact) mass is 424 g/mol. The standard InChI is InChI=1S/C24H24O3.Zn/c1-16(17-8-5-4-6-9-17)18-10-7-11-19(14-18)24(2,3)20-12-13-22(25)21(15-20)23(26)27;/h4-16,25H,1-3H3,(H,26,27);. The van der Waals surface area contributed by atoms with Crippen LogP contribution in [0.5, 0.6) is 5.75 Å². The van der Waals surface area contributed by atoms with Crippen molar-refractivity contribution in [2.45, 2.75) is 32.1 Å². The Morgan fingerprint density at radius 2 is 1.46 bits per heavy atom. The number of aromatic hydroxyl groups is 1. The number of carboxylic acids is 1. The van der Waals surface area contributed by atoms with Crippen LogP contribution in [0.2, 0.25) is 0 Å². The van der Waals surface area contributed by atoms with Crippen LogP contribution in [0, 0.1) is 0 Å². The fraction of sp³-hybridized carbons (Fsp3) is 0.208. The molecule has 3 aromatic rings. The van der Waals surface area contributed by atoms with Gasteiger partial charge in [-0.25, -0.2) is 4.79 Å². The average molecular weight is 426 g/mol. The molecule has 28 heavy (non-hydrogen) atoms. The number of carboxylic acid groups (broad SMARTS) is 1. The van der Waals surface area contributed by atoms with Gasteiger partial charge in [-0.1, -0.05) is 81.4 Å². The van der Waals surface area contributed by atoms with Gasteiger partial charge in [-0.15, -0.1) is 0 Å². The second kappa shape index (κ2) is 8.71. The van der Waals surface area contributed by atoms with E-state index in [0.29, 0.717) is 0 Å². The van der Waals surface area contributed by atoms with Crippen LogP contribution in [0.4, 0.5) is 0 Å². The summed E-state index contributed by atoms with van der Waals surface area (Å²) in [6.07, 6.45) is 0. The molecule has 3 aromatic carbocycles. The number of benzene rings is 3. The Morgan fingerprint density at radius 1 is 0.857 bits per heavy atom. The van der Waals surface area contributed by atoms with Crippen molar-refractivity contribution < 1.29 is 34.5 Å². The fourth-order valence-corrected chi connectivity index (χ4v) is 3.39. The molecule has 0 fully saturated rings. The molecule has 3 nitrogen and oxygen atoms in total. The summed E-state index contributed by atoms with van der Waals surface area (Å²) in [5.41, 5.74) is 3.94. The number of rotatable bonds is 5. The van der Waals surface area contributed by atoms with Crippen LogP contribution in [0.3, 0.4) is 0 Å². The molecule has 0 aliphatic carbocycles. The van der Waals surface area contributed by atoms with Gasteiger partial charge in [0.2, 0.25) is 0 Å². The van der Waals surface area contributed by atoms with Crippen molar-refractivity contribution in [1.82, 2.24) is 0 Å². The van der Waals surface area contributed by atoms with Gasteiger partial charge in [0.25, 0.3) is 0 Å². The first-order valence-electron chi connectivity index (χ1n) is 9.03. The van der Waals surface area contributed by atoms with Crippen LogP contribution in [0.25, 0.3) is 0 Å². The van der Waals surface area contributed by atoms with Crippen molar-refractivity contribution in [3.05, 3.63) is 101 Å². The van der Waals surface area contributed by atoms with Gasteiger partial charge in [-0.3, -0.25) is 0 Å².